The zero-order valence-corrected chi connectivity index (χ0v) is 14.6. The van der Waals surface area contributed by atoms with Crippen LogP contribution in [0.2, 0.25) is 5.02 Å². The molecular weight excluding hydrogens is 328 g/mol. The second-order valence-corrected chi connectivity index (χ2v) is 6.33. The lowest BCUT2D eigenvalue weighted by Gasteiger charge is -2.34. The molecule has 0 saturated carbocycles. The highest BCUT2D eigenvalue weighted by atomic mass is 35.5. The van der Waals surface area contributed by atoms with Gasteiger partial charge in [-0.15, -0.1) is 0 Å². The number of carbonyl (C=O) groups excluding carboxylic acids is 1. The van der Waals surface area contributed by atoms with Crippen molar-refractivity contribution in [3.8, 4) is 0 Å². The Morgan fingerprint density at radius 1 is 1.25 bits per heavy atom. The predicted molar refractivity (Wildman–Crippen MR) is 93.3 cm³/mol. The van der Waals surface area contributed by atoms with Crippen LogP contribution in [0.4, 0.5) is 10.5 Å². The molecule has 1 N–H and O–H groups in total. The lowest BCUT2D eigenvalue weighted by atomic mass is 10.3. The monoisotopic (exact) mass is 348 g/mol. The van der Waals surface area contributed by atoms with Crippen LogP contribution in [0, 0.1) is 13.8 Å². The highest BCUT2D eigenvalue weighted by Gasteiger charge is 2.22. The fourth-order valence-corrected chi connectivity index (χ4v) is 2.85. The summed E-state index contributed by atoms with van der Waals surface area (Å²) in [6, 6.07) is 7.12. The average Bonchev–Trinajstić information content (AvgIpc) is 2.88. The Kier molecular flexibility index (Phi) is 5.06. The molecule has 1 aliphatic rings. The first-order valence-electron chi connectivity index (χ1n) is 7.98. The fraction of sp³-hybridized carbons (Fsp3) is 0.412. The van der Waals surface area contributed by atoms with Crippen LogP contribution in [0.5, 0.6) is 0 Å². The molecule has 0 radical (unpaired) electrons. The zero-order chi connectivity index (χ0) is 17.1. The fourth-order valence-electron chi connectivity index (χ4n) is 2.66. The van der Waals surface area contributed by atoms with Gasteiger partial charge in [-0.3, -0.25) is 4.90 Å². The molecule has 0 bridgehead atoms. The van der Waals surface area contributed by atoms with E-state index in [4.69, 9.17) is 16.0 Å². The van der Waals surface area contributed by atoms with Crippen molar-refractivity contribution in [3.05, 3.63) is 46.6 Å². The van der Waals surface area contributed by atoms with Crippen molar-refractivity contribution < 1.29 is 9.21 Å². The lowest BCUT2D eigenvalue weighted by molar-refractivity contribution is 0.135. The van der Waals surface area contributed by atoms with Gasteiger partial charge in [0, 0.05) is 26.2 Å². The zero-order valence-electron chi connectivity index (χ0n) is 13.9. The molecule has 2 amide bonds. The molecule has 1 fully saturated rings. The smallest absolute Gasteiger partial charge is 0.321 e. The van der Waals surface area contributed by atoms with Gasteiger partial charge in [-0.25, -0.2) is 9.78 Å². The van der Waals surface area contributed by atoms with E-state index in [-0.39, 0.29) is 6.03 Å². The van der Waals surface area contributed by atoms with Crippen molar-refractivity contribution in [2.75, 3.05) is 31.5 Å². The number of aryl methyl sites for hydroxylation is 2. The Hall–Kier alpha value is -2.05. The number of nitrogens with one attached hydrogen (secondary N) is 1. The predicted octanol–water partition coefficient (Wildman–Crippen LogP) is 3.29. The summed E-state index contributed by atoms with van der Waals surface area (Å²) >= 11 is 6.08. The van der Waals surface area contributed by atoms with Gasteiger partial charge in [0.15, 0.2) is 0 Å². The topological polar surface area (TPSA) is 61.6 Å². The quantitative estimate of drug-likeness (QED) is 0.924. The lowest BCUT2D eigenvalue weighted by Crippen LogP contribution is -2.49. The minimum atomic E-state index is -0.120. The third-order valence-corrected chi connectivity index (χ3v) is 4.54. The number of nitrogens with zero attached hydrogens (tertiary/aromatic N) is 3. The largest absolute Gasteiger partial charge is 0.444 e. The SMILES string of the molecule is Cc1nc(CN2CCN(C(=O)Nc3ccccc3Cl)CC2)oc1C. The summed E-state index contributed by atoms with van der Waals surface area (Å²) in [6.07, 6.45) is 0. The molecule has 24 heavy (non-hydrogen) atoms. The molecule has 2 aromatic rings. The first kappa shape index (κ1) is 16.8. The van der Waals surface area contributed by atoms with Gasteiger partial charge in [0.1, 0.15) is 5.76 Å². The Bertz CT molecular complexity index is 704. The van der Waals surface area contributed by atoms with Crippen LogP contribution < -0.4 is 5.32 Å². The van der Waals surface area contributed by atoms with Crippen molar-refractivity contribution in [1.29, 1.82) is 0 Å². The number of aromatic nitrogens is 1. The second-order valence-electron chi connectivity index (χ2n) is 5.92. The van der Waals surface area contributed by atoms with Crippen LogP contribution in [0.15, 0.2) is 28.7 Å². The maximum absolute atomic E-state index is 12.3. The van der Waals surface area contributed by atoms with Crippen LogP contribution >= 0.6 is 11.6 Å². The van der Waals surface area contributed by atoms with Crippen molar-refractivity contribution in [2.45, 2.75) is 20.4 Å². The number of anilines is 1. The summed E-state index contributed by atoms with van der Waals surface area (Å²) in [4.78, 5) is 20.8. The number of urea groups is 1. The number of benzene rings is 1. The van der Waals surface area contributed by atoms with Crippen molar-refractivity contribution in [2.24, 2.45) is 0 Å². The highest BCUT2D eigenvalue weighted by molar-refractivity contribution is 6.33. The number of hydrogen-bond acceptors (Lipinski definition) is 4. The second kappa shape index (κ2) is 7.23. The summed E-state index contributed by atoms with van der Waals surface area (Å²) < 4.78 is 5.62. The Morgan fingerprint density at radius 3 is 2.58 bits per heavy atom. The van der Waals surface area contributed by atoms with Crippen molar-refractivity contribution in [1.82, 2.24) is 14.8 Å². The number of piperazine rings is 1. The number of para-hydroxylation sites is 1. The van der Waals surface area contributed by atoms with Crippen LogP contribution in [-0.4, -0.2) is 47.0 Å². The summed E-state index contributed by atoms with van der Waals surface area (Å²) in [6.45, 7) is 7.44. The molecule has 3 rings (SSSR count). The molecule has 1 saturated heterocycles. The van der Waals surface area contributed by atoms with Crippen LogP contribution in [0.1, 0.15) is 17.3 Å². The van der Waals surface area contributed by atoms with E-state index in [1.54, 1.807) is 17.0 Å². The molecule has 6 nitrogen and oxygen atoms in total. The molecule has 128 valence electrons. The number of oxazole rings is 1. The minimum Gasteiger partial charge on any atom is -0.444 e. The molecule has 1 aromatic heterocycles. The maximum Gasteiger partial charge on any atom is 0.321 e. The van der Waals surface area contributed by atoms with Crippen molar-refractivity contribution in [3.63, 3.8) is 0 Å². The van der Waals surface area contributed by atoms with Gasteiger partial charge < -0.3 is 14.6 Å². The van der Waals surface area contributed by atoms with E-state index in [1.807, 2.05) is 26.0 Å². The third-order valence-electron chi connectivity index (χ3n) is 4.21. The first-order chi connectivity index (χ1) is 11.5. The number of amides is 2. The molecule has 7 heteroatoms. The van der Waals surface area contributed by atoms with E-state index < -0.39 is 0 Å². The first-order valence-corrected chi connectivity index (χ1v) is 8.36. The van der Waals surface area contributed by atoms with E-state index in [0.29, 0.717) is 30.3 Å². The van der Waals surface area contributed by atoms with Crippen molar-refractivity contribution >= 4 is 23.3 Å². The number of carbonyl (C=O) groups is 1. The molecule has 1 aliphatic heterocycles. The average molecular weight is 349 g/mol. The van der Waals surface area contributed by atoms with Gasteiger partial charge in [0.25, 0.3) is 0 Å². The van der Waals surface area contributed by atoms with Crippen LogP contribution in [0.25, 0.3) is 0 Å². The number of rotatable bonds is 3. The minimum absolute atomic E-state index is 0.120. The number of halogens is 1. The van der Waals surface area contributed by atoms with E-state index >= 15 is 0 Å². The van der Waals surface area contributed by atoms with Gasteiger partial charge in [-0.2, -0.15) is 0 Å². The van der Waals surface area contributed by atoms with Gasteiger partial charge in [-0.05, 0) is 26.0 Å². The number of hydrogen-bond donors (Lipinski definition) is 1. The third kappa shape index (κ3) is 3.88. The Morgan fingerprint density at radius 2 is 1.96 bits per heavy atom. The molecule has 0 aliphatic carbocycles. The molecule has 1 aromatic carbocycles. The standard InChI is InChI=1S/C17H21ClN4O2/c1-12-13(2)24-16(19-12)11-21-7-9-22(10-8-21)17(23)20-15-6-4-3-5-14(15)18/h3-6H,7-11H2,1-2H3,(H,20,23). The van der Waals surface area contributed by atoms with Crippen LogP contribution in [0.3, 0.4) is 0 Å². The van der Waals surface area contributed by atoms with Gasteiger partial charge in [0.05, 0.1) is 22.9 Å². The normalized spacial score (nSPS) is 15.5. The maximum atomic E-state index is 12.3. The van der Waals surface area contributed by atoms with Gasteiger partial charge in [-0.1, -0.05) is 23.7 Å². The molecule has 0 unspecified atom stereocenters. The molecule has 0 atom stereocenters. The Balaban J connectivity index is 1.51. The van der Waals surface area contributed by atoms with E-state index in [2.05, 4.69) is 15.2 Å². The summed E-state index contributed by atoms with van der Waals surface area (Å²) in [5.41, 5.74) is 1.57. The summed E-state index contributed by atoms with van der Waals surface area (Å²) in [7, 11) is 0. The van der Waals surface area contributed by atoms with E-state index in [0.717, 1.165) is 30.4 Å². The molecular formula is C17H21ClN4O2. The van der Waals surface area contributed by atoms with Gasteiger partial charge >= 0.3 is 6.03 Å². The molecule has 0 spiro atoms. The van der Waals surface area contributed by atoms with Gasteiger partial charge in [0.2, 0.25) is 5.89 Å². The van der Waals surface area contributed by atoms with E-state index in [1.165, 1.54) is 0 Å². The van der Waals surface area contributed by atoms with Crippen LogP contribution in [-0.2, 0) is 6.54 Å². The molecule has 2 heterocycles. The Labute approximate surface area is 146 Å². The van der Waals surface area contributed by atoms with E-state index in [9.17, 15) is 4.79 Å². The highest BCUT2D eigenvalue weighted by Crippen LogP contribution is 2.21. The summed E-state index contributed by atoms with van der Waals surface area (Å²) in [5, 5.41) is 3.40. The summed E-state index contributed by atoms with van der Waals surface area (Å²) in [5.74, 6) is 1.60.